The van der Waals surface area contributed by atoms with E-state index in [0.29, 0.717) is 12.5 Å². The Morgan fingerprint density at radius 3 is 2.55 bits per heavy atom. The van der Waals surface area contributed by atoms with Crippen molar-refractivity contribution >= 4 is 32.4 Å². The number of phenols is 1. The Balaban J connectivity index is 1.93. The van der Waals surface area contributed by atoms with E-state index < -0.39 is 37.2 Å². The number of amides is 1. The molecular weight excluding hydrogens is 430 g/mol. The number of nitro groups is 1. The number of aromatic nitrogens is 2. The van der Waals surface area contributed by atoms with Crippen LogP contribution >= 0.6 is 0 Å². The number of phenolic OH excluding ortho intramolecular Hbond substituents is 1. The summed E-state index contributed by atoms with van der Waals surface area (Å²) in [6, 6.07) is 8.70. The van der Waals surface area contributed by atoms with E-state index in [4.69, 9.17) is 0 Å². The Hall–Kier alpha value is -3.84. The van der Waals surface area contributed by atoms with Crippen LogP contribution in [0.5, 0.6) is 5.75 Å². The molecule has 0 aliphatic carbocycles. The molecule has 13 heteroatoms. The SMILES string of the molecule is CCCn1nc(C(=O)NNS(=O)(=O)c2ccc(O)c([N+](=O)[O-])c2)c2ccccc2c1=O. The summed E-state index contributed by atoms with van der Waals surface area (Å²) in [5.41, 5.74) is 0.622. The van der Waals surface area contributed by atoms with Gasteiger partial charge < -0.3 is 5.11 Å². The van der Waals surface area contributed by atoms with Gasteiger partial charge in [-0.05, 0) is 24.6 Å². The van der Waals surface area contributed by atoms with Gasteiger partial charge in [0.05, 0.1) is 15.2 Å². The van der Waals surface area contributed by atoms with Crippen molar-refractivity contribution in [1.29, 1.82) is 0 Å². The first-order valence-corrected chi connectivity index (χ1v) is 10.4. The van der Waals surface area contributed by atoms with E-state index >= 15 is 0 Å². The van der Waals surface area contributed by atoms with Gasteiger partial charge in [-0.3, -0.25) is 25.1 Å². The molecule has 1 aromatic heterocycles. The fourth-order valence-corrected chi connectivity index (χ4v) is 3.67. The molecule has 0 unspecified atom stereocenters. The van der Waals surface area contributed by atoms with Crippen LogP contribution in [-0.4, -0.2) is 34.1 Å². The van der Waals surface area contributed by atoms with Crippen LogP contribution in [0.25, 0.3) is 10.8 Å². The number of sulfonamides is 1. The molecule has 3 rings (SSSR count). The molecule has 12 nitrogen and oxygen atoms in total. The van der Waals surface area contributed by atoms with Gasteiger partial charge in [-0.2, -0.15) is 5.10 Å². The summed E-state index contributed by atoms with van der Waals surface area (Å²) in [5.74, 6) is -1.64. The van der Waals surface area contributed by atoms with Crippen molar-refractivity contribution in [3.8, 4) is 5.75 Å². The van der Waals surface area contributed by atoms with E-state index in [0.717, 1.165) is 16.8 Å². The van der Waals surface area contributed by atoms with Crippen molar-refractivity contribution in [2.75, 3.05) is 0 Å². The maximum Gasteiger partial charge on any atom is 0.312 e. The molecule has 162 valence electrons. The molecule has 1 amide bonds. The lowest BCUT2D eigenvalue weighted by molar-refractivity contribution is -0.386. The number of aryl methyl sites for hydroxylation is 1. The second kappa shape index (κ2) is 8.49. The molecule has 3 aromatic rings. The van der Waals surface area contributed by atoms with Crippen LogP contribution in [-0.2, 0) is 16.6 Å². The third-order valence-electron chi connectivity index (χ3n) is 4.27. The molecule has 0 fully saturated rings. The third kappa shape index (κ3) is 4.36. The van der Waals surface area contributed by atoms with E-state index in [-0.39, 0.29) is 28.6 Å². The van der Waals surface area contributed by atoms with Crippen LogP contribution in [0.15, 0.2) is 52.2 Å². The van der Waals surface area contributed by atoms with Gasteiger partial charge in [-0.25, -0.2) is 13.1 Å². The van der Waals surface area contributed by atoms with Gasteiger partial charge in [0.2, 0.25) is 0 Å². The Labute approximate surface area is 175 Å². The van der Waals surface area contributed by atoms with E-state index in [2.05, 4.69) is 5.10 Å². The van der Waals surface area contributed by atoms with Crippen LogP contribution in [0.2, 0.25) is 0 Å². The van der Waals surface area contributed by atoms with E-state index in [1.54, 1.807) is 12.1 Å². The van der Waals surface area contributed by atoms with Crippen molar-refractivity contribution < 1.29 is 23.2 Å². The number of nitro benzene ring substituents is 1. The van der Waals surface area contributed by atoms with Gasteiger partial charge in [-0.15, -0.1) is 4.83 Å². The van der Waals surface area contributed by atoms with Gasteiger partial charge in [0, 0.05) is 18.0 Å². The molecule has 1 heterocycles. The van der Waals surface area contributed by atoms with Crippen molar-refractivity contribution in [3.05, 3.63) is 68.6 Å². The Bertz CT molecular complexity index is 1350. The minimum Gasteiger partial charge on any atom is -0.502 e. The lowest BCUT2D eigenvalue weighted by Gasteiger charge is -2.12. The van der Waals surface area contributed by atoms with E-state index in [9.17, 15) is 33.2 Å². The maximum atomic E-state index is 12.7. The first kappa shape index (κ1) is 21.9. The van der Waals surface area contributed by atoms with Crippen LogP contribution < -0.4 is 15.8 Å². The molecule has 0 radical (unpaired) electrons. The van der Waals surface area contributed by atoms with Gasteiger partial charge in [0.25, 0.3) is 21.5 Å². The highest BCUT2D eigenvalue weighted by Gasteiger charge is 2.23. The number of aromatic hydroxyl groups is 1. The van der Waals surface area contributed by atoms with Gasteiger partial charge >= 0.3 is 5.69 Å². The number of hydrazine groups is 1. The van der Waals surface area contributed by atoms with Gasteiger partial charge in [0.1, 0.15) is 0 Å². The number of rotatable bonds is 7. The summed E-state index contributed by atoms with van der Waals surface area (Å²) < 4.78 is 26.0. The normalized spacial score (nSPS) is 11.4. The zero-order valence-corrected chi connectivity index (χ0v) is 16.9. The topological polar surface area (TPSA) is 174 Å². The lowest BCUT2D eigenvalue weighted by Crippen LogP contribution is -2.42. The summed E-state index contributed by atoms with van der Waals surface area (Å²) in [7, 11) is -4.41. The zero-order valence-electron chi connectivity index (χ0n) is 16.1. The molecule has 0 aliphatic heterocycles. The fraction of sp³-hybridized carbons (Fsp3) is 0.167. The highest BCUT2D eigenvalue weighted by molar-refractivity contribution is 7.89. The van der Waals surface area contributed by atoms with Crippen molar-refractivity contribution in [2.24, 2.45) is 0 Å². The van der Waals surface area contributed by atoms with Crippen LogP contribution in [0.4, 0.5) is 5.69 Å². The number of benzene rings is 2. The predicted octanol–water partition coefficient (Wildman–Crippen LogP) is 1.04. The monoisotopic (exact) mass is 447 g/mol. The zero-order chi connectivity index (χ0) is 22.8. The van der Waals surface area contributed by atoms with Crippen LogP contribution in [0, 0.1) is 10.1 Å². The molecule has 0 atom stereocenters. The first-order valence-electron chi connectivity index (χ1n) is 8.95. The summed E-state index contributed by atoms with van der Waals surface area (Å²) in [5, 5.41) is 24.9. The number of fused-ring (bicyclic) bond motifs is 1. The molecule has 0 aliphatic rings. The van der Waals surface area contributed by atoms with Crippen LogP contribution in [0.3, 0.4) is 0 Å². The second-order valence-electron chi connectivity index (χ2n) is 6.39. The molecule has 0 spiro atoms. The molecule has 31 heavy (non-hydrogen) atoms. The minimum absolute atomic E-state index is 0.178. The Morgan fingerprint density at radius 1 is 1.23 bits per heavy atom. The summed E-state index contributed by atoms with van der Waals surface area (Å²) in [4.78, 5) is 36.4. The summed E-state index contributed by atoms with van der Waals surface area (Å²) in [6.07, 6.45) is 0.582. The summed E-state index contributed by atoms with van der Waals surface area (Å²) in [6.45, 7) is 2.08. The van der Waals surface area contributed by atoms with Crippen molar-refractivity contribution in [2.45, 2.75) is 24.8 Å². The predicted molar refractivity (Wildman–Crippen MR) is 109 cm³/mol. The molecular formula is C18H17N5O7S. The van der Waals surface area contributed by atoms with Crippen LogP contribution in [0.1, 0.15) is 23.8 Å². The first-order chi connectivity index (χ1) is 14.7. The van der Waals surface area contributed by atoms with Gasteiger partial charge in [-0.1, -0.05) is 25.1 Å². The summed E-state index contributed by atoms with van der Waals surface area (Å²) >= 11 is 0. The standard InChI is InChI=1S/C18H17N5O7S/c1-2-9-22-18(26)13-6-4-3-5-12(13)16(20-22)17(25)19-21-31(29,30)11-7-8-15(24)14(10-11)23(27)28/h3-8,10,21,24H,2,9H2,1H3,(H,19,25). The maximum absolute atomic E-state index is 12.7. The number of nitrogens with zero attached hydrogens (tertiary/aromatic N) is 3. The number of hydrogen-bond donors (Lipinski definition) is 3. The molecule has 0 bridgehead atoms. The second-order valence-corrected chi connectivity index (χ2v) is 8.07. The molecule has 2 aromatic carbocycles. The number of nitrogens with one attached hydrogen (secondary N) is 2. The highest BCUT2D eigenvalue weighted by atomic mass is 32.2. The fourth-order valence-electron chi connectivity index (χ4n) is 2.81. The Kier molecular flexibility index (Phi) is 5.99. The average Bonchev–Trinajstić information content (AvgIpc) is 2.74. The minimum atomic E-state index is -4.41. The average molecular weight is 447 g/mol. The lowest BCUT2D eigenvalue weighted by atomic mass is 10.1. The largest absolute Gasteiger partial charge is 0.502 e. The number of carbonyl (C=O) groups is 1. The van der Waals surface area contributed by atoms with Crippen molar-refractivity contribution in [3.63, 3.8) is 0 Å². The Morgan fingerprint density at radius 2 is 1.90 bits per heavy atom. The van der Waals surface area contributed by atoms with Gasteiger partial charge in [0.15, 0.2) is 11.4 Å². The third-order valence-corrected chi connectivity index (χ3v) is 5.52. The highest BCUT2D eigenvalue weighted by Crippen LogP contribution is 2.28. The van der Waals surface area contributed by atoms with E-state index in [1.807, 2.05) is 17.2 Å². The number of hydrogen-bond acceptors (Lipinski definition) is 8. The smallest absolute Gasteiger partial charge is 0.312 e. The number of carbonyl (C=O) groups excluding carboxylic acids is 1. The molecule has 0 saturated carbocycles. The van der Waals surface area contributed by atoms with E-state index in [1.165, 1.54) is 12.1 Å². The molecule has 0 saturated heterocycles. The molecule has 3 N–H and O–H groups in total. The quantitative estimate of drug-likeness (QED) is 0.356. The van der Waals surface area contributed by atoms with Crippen molar-refractivity contribution in [1.82, 2.24) is 20.0 Å².